The monoisotopic (exact) mass is 357 g/mol. The largest absolute Gasteiger partial charge is 0.482 e. The second-order valence-electron chi connectivity index (χ2n) is 6.20. The average Bonchev–Trinajstić information content (AvgIpc) is 3.07. The van der Waals surface area contributed by atoms with E-state index in [4.69, 9.17) is 9.47 Å². The summed E-state index contributed by atoms with van der Waals surface area (Å²) in [6.45, 7) is 1.16. The minimum Gasteiger partial charge on any atom is -0.482 e. The number of aryl methyl sites for hydroxylation is 2. The fourth-order valence-electron chi connectivity index (χ4n) is 2.88. The van der Waals surface area contributed by atoms with Crippen molar-refractivity contribution in [1.82, 2.24) is 0 Å². The van der Waals surface area contributed by atoms with Crippen LogP contribution in [-0.2, 0) is 27.2 Å². The van der Waals surface area contributed by atoms with Gasteiger partial charge in [0.1, 0.15) is 11.6 Å². The highest BCUT2D eigenvalue weighted by Crippen LogP contribution is 2.26. The number of fused-ring (bicyclic) bond motifs is 1. The zero-order chi connectivity index (χ0) is 18.5. The van der Waals surface area contributed by atoms with Gasteiger partial charge in [-0.05, 0) is 67.6 Å². The summed E-state index contributed by atoms with van der Waals surface area (Å²) >= 11 is 0. The van der Waals surface area contributed by atoms with Gasteiger partial charge in [-0.25, -0.2) is 9.18 Å². The van der Waals surface area contributed by atoms with E-state index in [1.165, 1.54) is 36.2 Å². The van der Waals surface area contributed by atoms with Gasteiger partial charge in [0.2, 0.25) is 0 Å². The number of anilines is 1. The molecule has 0 bridgehead atoms. The normalized spacial score (nSPS) is 13.6. The number of benzene rings is 2. The second kappa shape index (κ2) is 7.99. The van der Waals surface area contributed by atoms with Gasteiger partial charge in [0.15, 0.2) is 12.7 Å². The van der Waals surface area contributed by atoms with Gasteiger partial charge in [-0.1, -0.05) is 12.1 Å². The first-order valence-electron chi connectivity index (χ1n) is 8.52. The smallest absolute Gasteiger partial charge is 0.344 e. The molecule has 26 heavy (non-hydrogen) atoms. The molecule has 0 heterocycles. The molecule has 0 saturated heterocycles. The van der Waals surface area contributed by atoms with E-state index in [0.717, 1.165) is 19.3 Å². The molecular weight excluding hydrogens is 337 g/mol. The van der Waals surface area contributed by atoms with Crippen molar-refractivity contribution in [3.05, 3.63) is 59.4 Å². The Hall–Kier alpha value is -2.89. The molecule has 0 aliphatic heterocycles. The van der Waals surface area contributed by atoms with Gasteiger partial charge in [0.05, 0.1) is 0 Å². The molecule has 2 aromatic rings. The summed E-state index contributed by atoms with van der Waals surface area (Å²) in [4.78, 5) is 23.9. The van der Waals surface area contributed by atoms with Crippen LogP contribution in [0.4, 0.5) is 10.1 Å². The topological polar surface area (TPSA) is 64.6 Å². The predicted octanol–water partition coefficient (Wildman–Crippen LogP) is 3.26. The summed E-state index contributed by atoms with van der Waals surface area (Å²) in [5.74, 6) is -1.04. The van der Waals surface area contributed by atoms with Crippen LogP contribution >= 0.6 is 0 Å². The lowest BCUT2D eigenvalue weighted by molar-refractivity contribution is -0.155. The molecule has 136 valence electrons. The van der Waals surface area contributed by atoms with E-state index >= 15 is 0 Å². The van der Waals surface area contributed by atoms with Gasteiger partial charge in [-0.15, -0.1) is 0 Å². The molecule has 2 aromatic carbocycles. The number of hydrogen-bond acceptors (Lipinski definition) is 4. The summed E-state index contributed by atoms with van der Waals surface area (Å²) in [5.41, 5.74) is 2.87. The molecule has 6 heteroatoms. The van der Waals surface area contributed by atoms with Crippen molar-refractivity contribution in [3.63, 3.8) is 0 Å². The number of amides is 1. The summed E-state index contributed by atoms with van der Waals surface area (Å²) in [6, 6.07) is 11.3. The molecule has 0 saturated carbocycles. The van der Waals surface area contributed by atoms with Crippen molar-refractivity contribution in [2.45, 2.75) is 32.3 Å². The maximum Gasteiger partial charge on any atom is 0.344 e. The maximum absolute atomic E-state index is 13.1. The van der Waals surface area contributed by atoms with E-state index in [-0.39, 0.29) is 6.61 Å². The number of carbonyl (C=O) groups is 2. The standard InChI is InChI=1S/C20H20FNO4/c1-13(20(24)22-17-7-3-6-16(21)11-17)26-19(23)12-25-18-9-8-14-4-2-5-15(14)10-18/h3,6-11,13H,2,4-5,12H2,1H3,(H,22,24)/t13-/m1/s1. The van der Waals surface area contributed by atoms with Gasteiger partial charge >= 0.3 is 5.97 Å². The molecule has 1 aliphatic carbocycles. The SMILES string of the molecule is C[C@@H](OC(=O)COc1ccc2c(c1)CCC2)C(=O)Nc1cccc(F)c1. The number of esters is 1. The number of halogens is 1. The number of nitrogens with one attached hydrogen (secondary N) is 1. The van der Waals surface area contributed by atoms with E-state index < -0.39 is 23.8 Å². The van der Waals surface area contributed by atoms with Gasteiger partial charge in [-0.3, -0.25) is 4.79 Å². The van der Waals surface area contributed by atoms with Crippen molar-refractivity contribution >= 4 is 17.6 Å². The van der Waals surface area contributed by atoms with Crippen molar-refractivity contribution in [2.24, 2.45) is 0 Å². The quantitative estimate of drug-likeness (QED) is 0.806. The molecule has 1 aliphatic rings. The van der Waals surface area contributed by atoms with Crippen LogP contribution in [0.2, 0.25) is 0 Å². The zero-order valence-electron chi connectivity index (χ0n) is 14.5. The second-order valence-corrected chi connectivity index (χ2v) is 6.20. The summed E-state index contributed by atoms with van der Waals surface area (Å²) in [7, 11) is 0. The first-order valence-corrected chi connectivity index (χ1v) is 8.52. The third-order valence-electron chi connectivity index (χ3n) is 4.20. The van der Waals surface area contributed by atoms with Gasteiger partial charge in [0, 0.05) is 5.69 Å². The molecule has 5 nitrogen and oxygen atoms in total. The summed E-state index contributed by atoms with van der Waals surface area (Å²) < 4.78 is 23.6. The number of hydrogen-bond donors (Lipinski definition) is 1. The minimum absolute atomic E-state index is 0.281. The highest BCUT2D eigenvalue weighted by Gasteiger charge is 2.19. The Balaban J connectivity index is 1.47. The van der Waals surface area contributed by atoms with Crippen LogP contribution in [0.25, 0.3) is 0 Å². The minimum atomic E-state index is -1.02. The first kappa shape index (κ1) is 17.9. The van der Waals surface area contributed by atoms with Gasteiger partial charge in [0.25, 0.3) is 5.91 Å². The lowest BCUT2D eigenvalue weighted by Gasteiger charge is -2.14. The van der Waals surface area contributed by atoms with Gasteiger partial charge < -0.3 is 14.8 Å². The molecule has 3 rings (SSSR count). The molecule has 0 fully saturated rings. The van der Waals surface area contributed by atoms with E-state index in [2.05, 4.69) is 5.32 Å². The lowest BCUT2D eigenvalue weighted by atomic mass is 10.1. The van der Waals surface area contributed by atoms with Crippen LogP contribution in [0, 0.1) is 5.82 Å². The van der Waals surface area contributed by atoms with Crippen LogP contribution in [0.3, 0.4) is 0 Å². The van der Waals surface area contributed by atoms with Crippen LogP contribution in [0.1, 0.15) is 24.5 Å². The third-order valence-corrected chi connectivity index (χ3v) is 4.20. The van der Waals surface area contributed by atoms with E-state index in [1.807, 2.05) is 18.2 Å². The molecule has 1 amide bonds. The molecule has 0 radical (unpaired) electrons. The fraction of sp³-hybridized carbons (Fsp3) is 0.300. The third kappa shape index (κ3) is 4.59. The average molecular weight is 357 g/mol. The van der Waals surface area contributed by atoms with Crippen molar-refractivity contribution in [3.8, 4) is 5.75 Å². The zero-order valence-corrected chi connectivity index (χ0v) is 14.5. The molecule has 0 unspecified atom stereocenters. The maximum atomic E-state index is 13.1. The lowest BCUT2D eigenvalue weighted by Crippen LogP contribution is -2.31. The molecule has 1 N–H and O–H groups in total. The summed E-state index contributed by atoms with van der Waals surface area (Å²) in [6.07, 6.45) is 2.22. The number of rotatable bonds is 6. The van der Waals surface area contributed by atoms with Gasteiger partial charge in [-0.2, -0.15) is 0 Å². The molecule has 0 aromatic heterocycles. The Kier molecular flexibility index (Phi) is 5.51. The van der Waals surface area contributed by atoms with Crippen molar-refractivity contribution in [2.75, 3.05) is 11.9 Å². The Labute approximate surface area is 151 Å². The van der Waals surface area contributed by atoms with E-state index in [0.29, 0.717) is 11.4 Å². The highest BCUT2D eigenvalue weighted by molar-refractivity contribution is 5.95. The van der Waals surface area contributed by atoms with Crippen molar-refractivity contribution in [1.29, 1.82) is 0 Å². The molecule has 1 atom stereocenters. The van der Waals surface area contributed by atoms with Crippen molar-refractivity contribution < 1.29 is 23.5 Å². The van der Waals surface area contributed by atoms with Crippen LogP contribution in [0.5, 0.6) is 5.75 Å². The Bertz CT molecular complexity index is 821. The van der Waals surface area contributed by atoms with E-state index in [1.54, 1.807) is 6.07 Å². The number of carbonyl (C=O) groups excluding carboxylic acids is 2. The Morgan fingerprint density at radius 3 is 2.77 bits per heavy atom. The summed E-state index contributed by atoms with van der Waals surface area (Å²) in [5, 5.41) is 2.49. The Morgan fingerprint density at radius 1 is 1.15 bits per heavy atom. The Morgan fingerprint density at radius 2 is 1.96 bits per heavy atom. The molecular formula is C20H20FNO4. The van der Waals surface area contributed by atoms with Crippen LogP contribution in [0.15, 0.2) is 42.5 Å². The predicted molar refractivity (Wildman–Crippen MR) is 94.5 cm³/mol. The molecule has 0 spiro atoms. The first-order chi connectivity index (χ1) is 12.5. The van der Waals surface area contributed by atoms with Crippen LogP contribution < -0.4 is 10.1 Å². The van der Waals surface area contributed by atoms with E-state index in [9.17, 15) is 14.0 Å². The van der Waals surface area contributed by atoms with Crippen LogP contribution in [-0.4, -0.2) is 24.6 Å². The highest BCUT2D eigenvalue weighted by atomic mass is 19.1. The fourth-order valence-corrected chi connectivity index (χ4v) is 2.88. The number of ether oxygens (including phenoxy) is 2.